The molecule has 5 nitrogen and oxygen atoms in total. The maximum atomic E-state index is 4.46. The minimum Gasteiger partial charge on any atom is -0.369 e. The van der Waals surface area contributed by atoms with Crippen LogP contribution in [0.1, 0.15) is 6.92 Å². The average molecular weight is 265 g/mol. The van der Waals surface area contributed by atoms with E-state index < -0.39 is 0 Å². The van der Waals surface area contributed by atoms with Gasteiger partial charge in [0.25, 0.3) is 0 Å². The molecular formula is C15H15N5. The van der Waals surface area contributed by atoms with E-state index in [0.717, 1.165) is 28.8 Å². The number of nitrogens with one attached hydrogen (secondary N) is 2. The van der Waals surface area contributed by atoms with Gasteiger partial charge < -0.3 is 10.6 Å². The van der Waals surface area contributed by atoms with Gasteiger partial charge in [0.2, 0.25) is 0 Å². The molecule has 2 aromatic heterocycles. The van der Waals surface area contributed by atoms with Crippen molar-refractivity contribution < 1.29 is 0 Å². The highest BCUT2D eigenvalue weighted by molar-refractivity contribution is 5.94. The first-order chi connectivity index (χ1) is 9.86. The molecule has 0 spiro atoms. The van der Waals surface area contributed by atoms with Crippen molar-refractivity contribution in [1.29, 1.82) is 0 Å². The lowest BCUT2D eigenvalue weighted by atomic mass is 10.1. The van der Waals surface area contributed by atoms with E-state index in [4.69, 9.17) is 0 Å². The highest BCUT2D eigenvalue weighted by Crippen LogP contribution is 2.24. The second-order valence-electron chi connectivity index (χ2n) is 4.35. The normalized spacial score (nSPS) is 10.4. The Kier molecular flexibility index (Phi) is 3.41. The van der Waals surface area contributed by atoms with Crippen molar-refractivity contribution in [3.8, 4) is 0 Å². The molecule has 0 aliphatic heterocycles. The number of fused-ring (bicyclic) bond motifs is 1. The summed E-state index contributed by atoms with van der Waals surface area (Å²) in [5.41, 5.74) is 0.971. The zero-order valence-electron chi connectivity index (χ0n) is 11.2. The largest absolute Gasteiger partial charge is 0.369 e. The van der Waals surface area contributed by atoms with Crippen LogP contribution in [0.2, 0.25) is 0 Å². The molecule has 0 bridgehead atoms. The van der Waals surface area contributed by atoms with Crippen LogP contribution in [-0.2, 0) is 0 Å². The van der Waals surface area contributed by atoms with Gasteiger partial charge in [0.15, 0.2) is 5.82 Å². The van der Waals surface area contributed by atoms with Gasteiger partial charge in [-0.05, 0) is 24.4 Å². The number of anilines is 3. The summed E-state index contributed by atoms with van der Waals surface area (Å²) in [6, 6.07) is 8.06. The van der Waals surface area contributed by atoms with Crippen LogP contribution in [0, 0.1) is 0 Å². The Morgan fingerprint density at radius 1 is 1.00 bits per heavy atom. The van der Waals surface area contributed by atoms with E-state index in [-0.39, 0.29) is 0 Å². The molecule has 2 N–H and O–H groups in total. The first kappa shape index (κ1) is 12.3. The minimum atomic E-state index is 0.708. The molecule has 2 heterocycles. The summed E-state index contributed by atoms with van der Waals surface area (Å²) < 4.78 is 0. The highest BCUT2D eigenvalue weighted by atomic mass is 15.1. The van der Waals surface area contributed by atoms with Gasteiger partial charge in [0.1, 0.15) is 5.82 Å². The Hall–Kier alpha value is -2.69. The third kappa shape index (κ3) is 2.51. The van der Waals surface area contributed by atoms with E-state index in [9.17, 15) is 0 Å². The van der Waals surface area contributed by atoms with E-state index in [1.807, 2.05) is 31.3 Å². The van der Waals surface area contributed by atoms with Crippen molar-refractivity contribution in [3.63, 3.8) is 0 Å². The molecule has 0 amide bonds. The standard InChI is InChI=1S/C15H15N5/c1-2-18-14-9-17-10-15(20-14)19-13-5-3-4-11-6-7-16-8-12(11)13/h3-10H,2H2,1H3,(H2,18,19,20). The highest BCUT2D eigenvalue weighted by Gasteiger charge is 2.03. The Balaban J connectivity index is 1.95. The van der Waals surface area contributed by atoms with Gasteiger partial charge in [-0.2, -0.15) is 0 Å². The van der Waals surface area contributed by atoms with Crippen molar-refractivity contribution in [2.24, 2.45) is 0 Å². The molecule has 5 heteroatoms. The third-order valence-electron chi connectivity index (χ3n) is 2.94. The fourth-order valence-corrected chi connectivity index (χ4v) is 2.05. The number of rotatable bonds is 4. The maximum absolute atomic E-state index is 4.46. The van der Waals surface area contributed by atoms with Crippen LogP contribution in [-0.4, -0.2) is 21.5 Å². The van der Waals surface area contributed by atoms with Crippen LogP contribution in [0.25, 0.3) is 10.8 Å². The lowest BCUT2D eigenvalue weighted by Crippen LogP contribution is -2.02. The molecule has 0 aliphatic rings. The summed E-state index contributed by atoms with van der Waals surface area (Å²) in [6.07, 6.45) is 7.05. The lowest BCUT2D eigenvalue weighted by molar-refractivity contribution is 1.12. The van der Waals surface area contributed by atoms with Crippen LogP contribution >= 0.6 is 0 Å². The van der Waals surface area contributed by atoms with E-state index in [0.29, 0.717) is 5.82 Å². The predicted octanol–water partition coefficient (Wildman–Crippen LogP) is 3.20. The molecule has 0 aliphatic carbocycles. The summed E-state index contributed by atoms with van der Waals surface area (Å²) in [4.78, 5) is 12.8. The molecular weight excluding hydrogens is 250 g/mol. The van der Waals surface area contributed by atoms with Crippen LogP contribution in [0.4, 0.5) is 17.3 Å². The fraction of sp³-hybridized carbons (Fsp3) is 0.133. The molecule has 100 valence electrons. The topological polar surface area (TPSA) is 62.7 Å². The molecule has 0 fully saturated rings. The van der Waals surface area contributed by atoms with Crippen LogP contribution in [0.5, 0.6) is 0 Å². The van der Waals surface area contributed by atoms with E-state index >= 15 is 0 Å². The molecule has 3 aromatic rings. The molecule has 0 radical (unpaired) electrons. The minimum absolute atomic E-state index is 0.708. The monoisotopic (exact) mass is 265 g/mol. The molecule has 0 saturated heterocycles. The molecule has 1 aromatic carbocycles. The number of aromatic nitrogens is 3. The van der Waals surface area contributed by atoms with E-state index in [1.165, 1.54) is 0 Å². The lowest BCUT2D eigenvalue weighted by Gasteiger charge is -2.09. The van der Waals surface area contributed by atoms with Crippen LogP contribution in [0.15, 0.2) is 49.1 Å². The predicted molar refractivity (Wildman–Crippen MR) is 81.2 cm³/mol. The molecule has 3 rings (SSSR count). The third-order valence-corrected chi connectivity index (χ3v) is 2.94. The summed E-state index contributed by atoms with van der Waals surface area (Å²) in [5, 5.41) is 8.64. The summed E-state index contributed by atoms with van der Waals surface area (Å²) in [7, 11) is 0. The van der Waals surface area contributed by atoms with Crippen molar-refractivity contribution in [2.75, 3.05) is 17.2 Å². The summed E-state index contributed by atoms with van der Waals surface area (Å²) in [6.45, 7) is 2.84. The van der Waals surface area contributed by atoms with E-state index in [2.05, 4.69) is 31.7 Å². The van der Waals surface area contributed by atoms with Crippen LogP contribution < -0.4 is 10.6 Å². The smallest absolute Gasteiger partial charge is 0.151 e. The summed E-state index contributed by atoms with van der Waals surface area (Å²) in [5.74, 6) is 1.47. The second-order valence-corrected chi connectivity index (χ2v) is 4.35. The number of benzene rings is 1. The fourth-order valence-electron chi connectivity index (χ4n) is 2.05. The van der Waals surface area contributed by atoms with E-state index in [1.54, 1.807) is 18.6 Å². The van der Waals surface area contributed by atoms with Gasteiger partial charge in [-0.3, -0.25) is 9.97 Å². The Morgan fingerprint density at radius 3 is 2.80 bits per heavy atom. The van der Waals surface area contributed by atoms with Crippen molar-refractivity contribution >= 4 is 28.1 Å². The SMILES string of the molecule is CCNc1cncc(Nc2cccc3ccncc23)n1. The molecule has 0 saturated carbocycles. The Morgan fingerprint density at radius 2 is 1.90 bits per heavy atom. The van der Waals surface area contributed by atoms with Gasteiger partial charge in [-0.1, -0.05) is 12.1 Å². The van der Waals surface area contributed by atoms with Gasteiger partial charge >= 0.3 is 0 Å². The Bertz CT molecular complexity index is 721. The summed E-state index contributed by atoms with van der Waals surface area (Å²) >= 11 is 0. The van der Waals surface area contributed by atoms with Crippen LogP contribution in [0.3, 0.4) is 0 Å². The Labute approximate surface area is 117 Å². The quantitative estimate of drug-likeness (QED) is 0.758. The first-order valence-corrected chi connectivity index (χ1v) is 6.52. The number of pyridine rings is 1. The number of hydrogen-bond donors (Lipinski definition) is 2. The second kappa shape index (κ2) is 5.52. The zero-order valence-corrected chi connectivity index (χ0v) is 11.2. The first-order valence-electron chi connectivity index (χ1n) is 6.52. The van der Waals surface area contributed by atoms with Gasteiger partial charge in [0, 0.05) is 30.0 Å². The average Bonchev–Trinajstić information content (AvgIpc) is 2.48. The van der Waals surface area contributed by atoms with Crippen molar-refractivity contribution in [3.05, 3.63) is 49.1 Å². The zero-order chi connectivity index (χ0) is 13.8. The van der Waals surface area contributed by atoms with Gasteiger partial charge in [-0.25, -0.2) is 4.98 Å². The number of nitrogens with zero attached hydrogens (tertiary/aromatic N) is 3. The molecule has 20 heavy (non-hydrogen) atoms. The number of hydrogen-bond acceptors (Lipinski definition) is 5. The van der Waals surface area contributed by atoms with Crippen molar-refractivity contribution in [2.45, 2.75) is 6.92 Å². The van der Waals surface area contributed by atoms with Gasteiger partial charge in [0.05, 0.1) is 12.4 Å². The molecule has 0 atom stereocenters. The van der Waals surface area contributed by atoms with Gasteiger partial charge in [-0.15, -0.1) is 0 Å². The van der Waals surface area contributed by atoms with Crippen molar-refractivity contribution in [1.82, 2.24) is 15.0 Å². The molecule has 0 unspecified atom stereocenters. The maximum Gasteiger partial charge on any atom is 0.151 e.